The lowest BCUT2D eigenvalue weighted by Crippen LogP contribution is -2.32. The number of rotatable bonds is 1. The van der Waals surface area contributed by atoms with Crippen LogP contribution in [0.1, 0.15) is 19.8 Å². The van der Waals surface area contributed by atoms with Gasteiger partial charge >= 0.3 is 0 Å². The smallest absolute Gasteiger partial charge is 0.256 e. The van der Waals surface area contributed by atoms with Crippen LogP contribution in [0, 0.1) is 0 Å². The number of allylic oxidation sites excluding steroid dienone is 3. The van der Waals surface area contributed by atoms with E-state index in [1.54, 1.807) is 6.08 Å². The maximum atomic E-state index is 11.5. The zero-order valence-electron chi connectivity index (χ0n) is 7.91. The molecular formula is C10H13NO2. The zero-order valence-corrected chi connectivity index (χ0v) is 7.91. The molecule has 3 heteroatoms. The first kappa shape index (κ1) is 9.71. The maximum Gasteiger partial charge on any atom is 0.256 e. The molecule has 1 aliphatic rings. The average Bonchev–Trinajstić information content (AvgIpc) is 2.17. The number of hydrogen-bond donors (Lipinski definition) is 0. The lowest BCUT2D eigenvalue weighted by atomic mass is 10.0. The monoisotopic (exact) mass is 179 g/mol. The van der Waals surface area contributed by atoms with Gasteiger partial charge in [-0.1, -0.05) is 18.2 Å². The molecule has 0 spiro atoms. The number of nitrogens with zero attached hydrogens (tertiary/aromatic N) is 1. The van der Waals surface area contributed by atoms with Crippen molar-refractivity contribution in [2.24, 2.45) is 0 Å². The first-order valence-electron chi connectivity index (χ1n) is 4.27. The Morgan fingerprint density at radius 1 is 1.46 bits per heavy atom. The van der Waals surface area contributed by atoms with Crippen molar-refractivity contribution in [3.8, 4) is 0 Å². The lowest BCUT2D eigenvalue weighted by molar-refractivity contribution is -0.139. The molecule has 0 heterocycles. The highest BCUT2D eigenvalue weighted by molar-refractivity contribution is 6.03. The molecule has 0 bridgehead atoms. The third-order valence-electron chi connectivity index (χ3n) is 2.07. The molecule has 2 amide bonds. The van der Waals surface area contributed by atoms with Gasteiger partial charge in [-0.05, 0) is 12.8 Å². The average molecular weight is 179 g/mol. The van der Waals surface area contributed by atoms with Gasteiger partial charge in [0.1, 0.15) is 0 Å². The molecule has 0 aromatic rings. The summed E-state index contributed by atoms with van der Waals surface area (Å²) in [6.45, 7) is 1.39. The van der Waals surface area contributed by atoms with E-state index in [-0.39, 0.29) is 11.8 Å². The summed E-state index contributed by atoms with van der Waals surface area (Å²) in [7, 11) is 1.50. The molecular weight excluding hydrogens is 166 g/mol. The molecule has 0 saturated carbocycles. The Balaban J connectivity index is 2.72. The van der Waals surface area contributed by atoms with Crippen LogP contribution in [0.25, 0.3) is 0 Å². The van der Waals surface area contributed by atoms with E-state index in [1.165, 1.54) is 14.0 Å². The minimum Gasteiger partial charge on any atom is -0.282 e. The molecule has 0 unspecified atom stereocenters. The third-order valence-corrected chi connectivity index (χ3v) is 2.07. The second-order valence-electron chi connectivity index (χ2n) is 3.04. The van der Waals surface area contributed by atoms with E-state index in [2.05, 4.69) is 0 Å². The quantitative estimate of drug-likeness (QED) is 0.607. The largest absolute Gasteiger partial charge is 0.282 e. The second kappa shape index (κ2) is 4.03. The van der Waals surface area contributed by atoms with Crippen LogP contribution in [0.15, 0.2) is 23.8 Å². The fraction of sp³-hybridized carbons (Fsp3) is 0.400. The van der Waals surface area contributed by atoms with Crippen molar-refractivity contribution in [1.29, 1.82) is 0 Å². The van der Waals surface area contributed by atoms with Crippen molar-refractivity contribution in [3.63, 3.8) is 0 Å². The van der Waals surface area contributed by atoms with Gasteiger partial charge in [-0.15, -0.1) is 0 Å². The minimum atomic E-state index is -0.222. The molecule has 0 fully saturated rings. The highest BCUT2D eigenvalue weighted by Crippen LogP contribution is 2.13. The van der Waals surface area contributed by atoms with E-state index in [9.17, 15) is 9.59 Å². The minimum absolute atomic E-state index is 0.183. The maximum absolute atomic E-state index is 11.5. The SMILES string of the molecule is CC(=O)N(C)C(=O)C1=CC=CCC1. The number of amides is 2. The molecule has 0 aromatic carbocycles. The Bertz CT molecular complexity index is 289. The molecule has 1 aliphatic carbocycles. The van der Waals surface area contributed by atoms with Gasteiger partial charge in [0.15, 0.2) is 0 Å². The molecule has 0 aliphatic heterocycles. The summed E-state index contributed by atoms with van der Waals surface area (Å²) in [4.78, 5) is 23.6. The molecule has 70 valence electrons. The predicted molar refractivity (Wildman–Crippen MR) is 49.9 cm³/mol. The third kappa shape index (κ3) is 2.28. The van der Waals surface area contributed by atoms with Crippen LogP contribution in [-0.2, 0) is 9.59 Å². The van der Waals surface area contributed by atoms with Gasteiger partial charge < -0.3 is 0 Å². The van der Waals surface area contributed by atoms with Crippen molar-refractivity contribution < 1.29 is 9.59 Å². The van der Waals surface area contributed by atoms with Gasteiger partial charge in [0, 0.05) is 19.5 Å². The van der Waals surface area contributed by atoms with Crippen molar-refractivity contribution >= 4 is 11.8 Å². The van der Waals surface area contributed by atoms with Gasteiger partial charge in [0.25, 0.3) is 5.91 Å². The Labute approximate surface area is 77.7 Å². The predicted octanol–water partition coefficient (Wildman–Crippen LogP) is 1.27. The second-order valence-corrected chi connectivity index (χ2v) is 3.04. The number of carbonyl (C=O) groups is 2. The lowest BCUT2D eigenvalue weighted by Gasteiger charge is -2.15. The van der Waals surface area contributed by atoms with E-state index in [0.717, 1.165) is 17.7 Å². The standard InChI is InChI=1S/C10H13NO2/c1-8(12)11(2)10(13)9-6-4-3-5-7-9/h3-4,6H,5,7H2,1-2H3. The Kier molecular flexibility index (Phi) is 3.01. The summed E-state index contributed by atoms with van der Waals surface area (Å²) >= 11 is 0. The van der Waals surface area contributed by atoms with Crippen LogP contribution in [-0.4, -0.2) is 23.8 Å². The van der Waals surface area contributed by atoms with Gasteiger partial charge in [-0.3, -0.25) is 14.5 Å². The van der Waals surface area contributed by atoms with Crippen molar-refractivity contribution in [1.82, 2.24) is 4.90 Å². The molecule has 0 atom stereocenters. The first-order chi connectivity index (χ1) is 6.13. The van der Waals surface area contributed by atoms with Gasteiger partial charge in [0.05, 0.1) is 0 Å². The van der Waals surface area contributed by atoms with E-state index >= 15 is 0 Å². The van der Waals surface area contributed by atoms with Crippen molar-refractivity contribution in [3.05, 3.63) is 23.8 Å². The van der Waals surface area contributed by atoms with Crippen LogP contribution < -0.4 is 0 Å². The fourth-order valence-corrected chi connectivity index (χ4v) is 1.14. The van der Waals surface area contributed by atoms with Crippen molar-refractivity contribution in [2.45, 2.75) is 19.8 Å². The van der Waals surface area contributed by atoms with Crippen molar-refractivity contribution in [2.75, 3.05) is 7.05 Å². The van der Waals surface area contributed by atoms with Crippen LogP contribution in [0.5, 0.6) is 0 Å². The summed E-state index contributed by atoms with van der Waals surface area (Å²) in [5.41, 5.74) is 0.709. The molecule has 0 aromatic heterocycles. The summed E-state index contributed by atoms with van der Waals surface area (Å²) in [6, 6.07) is 0. The van der Waals surface area contributed by atoms with Crippen LogP contribution in [0.4, 0.5) is 0 Å². The van der Waals surface area contributed by atoms with E-state index < -0.39 is 0 Å². The number of imide groups is 1. The number of likely N-dealkylation sites (N-methyl/N-ethyl adjacent to an activating group) is 1. The molecule has 0 N–H and O–H groups in total. The van der Waals surface area contributed by atoms with E-state index in [4.69, 9.17) is 0 Å². The van der Waals surface area contributed by atoms with Crippen LogP contribution in [0.2, 0.25) is 0 Å². The fourth-order valence-electron chi connectivity index (χ4n) is 1.14. The number of hydrogen-bond acceptors (Lipinski definition) is 2. The van der Waals surface area contributed by atoms with Gasteiger partial charge in [0.2, 0.25) is 5.91 Å². The summed E-state index contributed by atoms with van der Waals surface area (Å²) < 4.78 is 0. The zero-order chi connectivity index (χ0) is 9.84. The first-order valence-corrected chi connectivity index (χ1v) is 4.27. The Morgan fingerprint density at radius 2 is 2.15 bits per heavy atom. The molecule has 1 rings (SSSR count). The van der Waals surface area contributed by atoms with Gasteiger partial charge in [-0.2, -0.15) is 0 Å². The van der Waals surface area contributed by atoms with Gasteiger partial charge in [-0.25, -0.2) is 0 Å². The Hall–Kier alpha value is -1.38. The van der Waals surface area contributed by atoms with E-state index in [1.807, 2.05) is 12.2 Å². The summed E-state index contributed by atoms with van der Waals surface area (Å²) in [5, 5.41) is 0. The molecule has 3 nitrogen and oxygen atoms in total. The van der Waals surface area contributed by atoms with Crippen LogP contribution >= 0.6 is 0 Å². The highest BCUT2D eigenvalue weighted by atomic mass is 16.2. The number of carbonyl (C=O) groups excluding carboxylic acids is 2. The molecule has 0 radical (unpaired) electrons. The van der Waals surface area contributed by atoms with Crippen LogP contribution in [0.3, 0.4) is 0 Å². The Morgan fingerprint density at radius 3 is 2.62 bits per heavy atom. The highest BCUT2D eigenvalue weighted by Gasteiger charge is 2.17. The molecule has 0 saturated heterocycles. The summed E-state index contributed by atoms with van der Waals surface area (Å²) in [5.74, 6) is -0.405. The molecule has 13 heavy (non-hydrogen) atoms. The topological polar surface area (TPSA) is 37.4 Å². The normalized spacial score (nSPS) is 15.1. The van der Waals surface area contributed by atoms with E-state index in [0.29, 0.717) is 5.57 Å². The summed E-state index contributed by atoms with van der Waals surface area (Å²) in [6.07, 6.45) is 7.23.